The van der Waals surface area contributed by atoms with Crippen LogP contribution < -0.4 is 14.8 Å². The molecule has 0 radical (unpaired) electrons. The first-order valence-electron chi connectivity index (χ1n) is 7.19. The number of rotatable bonds is 9. The number of carbonyl (C=O) groups excluding carboxylic acids is 1. The number of methoxy groups -OCH3 is 1. The molecule has 1 aromatic carbocycles. The Morgan fingerprint density at radius 1 is 1.23 bits per heavy atom. The molecule has 22 heavy (non-hydrogen) atoms. The highest BCUT2D eigenvalue weighted by molar-refractivity contribution is 5.78. The van der Waals surface area contributed by atoms with Crippen LogP contribution in [0, 0.1) is 11.8 Å². The maximum Gasteiger partial charge on any atom is 0.308 e. The summed E-state index contributed by atoms with van der Waals surface area (Å²) in [6, 6.07) is 7.01. The molecule has 0 heterocycles. The van der Waals surface area contributed by atoms with Gasteiger partial charge in [-0.15, -0.1) is 0 Å². The largest absolute Gasteiger partial charge is 0.493 e. The summed E-state index contributed by atoms with van der Waals surface area (Å²) < 4.78 is 10.5. The molecule has 0 saturated heterocycles. The minimum atomic E-state index is -0.903. The Morgan fingerprint density at radius 3 is 2.41 bits per heavy atom. The van der Waals surface area contributed by atoms with Gasteiger partial charge in [-0.3, -0.25) is 9.59 Å². The van der Waals surface area contributed by atoms with Crippen molar-refractivity contribution >= 4 is 11.9 Å². The third-order valence-electron chi connectivity index (χ3n) is 3.08. The highest BCUT2D eigenvalue weighted by atomic mass is 16.5. The predicted octanol–water partition coefficient (Wildman–Crippen LogP) is 1.94. The Hall–Kier alpha value is -2.24. The summed E-state index contributed by atoms with van der Waals surface area (Å²) in [6.07, 6.45) is 0.517. The van der Waals surface area contributed by atoms with Crippen LogP contribution in [-0.2, 0) is 9.59 Å². The molecular formula is C16H23NO5. The van der Waals surface area contributed by atoms with Gasteiger partial charge in [0.1, 0.15) is 0 Å². The lowest BCUT2D eigenvalue weighted by Crippen LogP contribution is -2.36. The average molecular weight is 309 g/mol. The third kappa shape index (κ3) is 6.03. The van der Waals surface area contributed by atoms with Crippen LogP contribution in [-0.4, -0.2) is 37.2 Å². The molecule has 2 N–H and O–H groups in total. The SMILES string of the molecule is COc1ccccc1OCC(=O)NCC(CC(C)C)C(=O)O. The summed E-state index contributed by atoms with van der Waals surface area (Å²) in [5.74, 6) is -0.589. The lowest BCUT2D eigenvalue weighted by molar-refractivity contribution is -0.142. The van der Waals surface area contributed by atoms with Crippen LogP contribution in [0.1, 0.15) is 20.3 Å². The summed E-state index contributed by atoms with van der Waals surface area (Å²) in [7, 11) is 1.52. The molecule has 1 rings (SSSR count). The number of hydrogen-bond donors (Lipinski definition) is 2. The van der Waals surface area contributed by atoms with Gasteiger partial charge in [0.15, 0.2) is 18.1 Å². The lowest BCUT2D eigenvalue weighted by atomic mass is 9.97. The van der Waals surface area contributed by atoms with E-state index in [1.807, 2.05) is 13.8 Å². The Morgan fingerprint density at radius 2 is 1.86 bits per heavy atom. The highest BCUT2D eigenvalue weighted by Crippen LogP contribution is 2.25. The first kappa shape index (κ1) is 17.8. The number of hydrogen-bond acceptors (Lipinski definition) is 4. The summed E-state index contributed by atoms with van der Waals surface area (Å²) in [6.45, 7) is 3.81. The second kappa shape index (κ2) is 8.92. The van der Waals surface area contributed by atoms with Crippen molar-refractivity contribution in [1.82, 2.24) is 5.32 Å². The molecule has 0 fully saturated rings. The van der Waals surface area contributed by atoms with Crippen LogP contribution in [0.15, 0.2) is 24.3 Å². The van der Waals surface area contributed by atoms with E-state index in [4.69, 9.17) is 14.6 Å². The molecule has 0 aliphatic heterocycles. The molecule has 1 unspecified atom stereocenters. The van der Waals surface area contributed by atoms with E-state index < -0.39 is 11.9 Å². The number of carboxylic acid groups (broad SMARTS) is 1. The van der Waals surface area contributed by atoms with Crippen LogP contribution in [0.2, 0.25) is 0 Å². The maximum absolute atomic E-state index is 11.8. The van der Waals surface area contributed by atoms with E-state index in [1.54, 1.807) is 24.3 Å². The first-order valence-corrected chi connectivity index (χ1v) is 7.19. The van der Waals surface area contributed by atoms with Gasteiger partial charge in [0.2, 0.25) is 0 Å². The summed E-state index contributed by atoms with van der Waals surface area (Å²) in [5.41, 5.74) is 0. The number of amides is 1. The number of para-hydroxylation sites is 2. The van der Waals surface area contributed by atoms with Crippen LogP contribution in [0.25, 0.3) is 0 Å². The fourth-order valence-corrected chi connectivity index (χ4v) is 2.01. The molecule has 0 aromatic heterocycles. The van der Waals surface area contributed by atoms with Crippen molar-refractivity contribution in [2.24, 2.45) is 11.8 Å². The number of carboxylic acids is 1. The van der Waals surface area contributed by atoms with E-state index in [9.17, 15) is 9.59 Å². The molecule has 0 aliphatic carbocycles. The van der Waals surface area contributed by atoms with Gasteiger partial charge in [-0.25, -0.2) is 0 Å². The van der Waals surface area contributed by atoms with E-state index >= 15 is 0 Å². The van der Waals surface area contributed by atoms with Crippen molar-refractivity contribution in [3.05, 3.63) is 24.3 Å². The second-order valence-corrected chi connectivity index (χ2v) is 5.41. The zero-order valence-corrected chi connectivity index (χ0v) is 13.2. The monoisotopic (exact) mass is 309 g/mol. The fourth-order valence-electron chi connectivity index (χ4n) is 2.01. The molecule has 1 aromatic rings. The van der Waals surface area contributed by atoms with Crippen molar-refractivity contribution < 1.29 is 24.2 Å². The van der Waals surface area contributed by atoms with E-state index in [1.165, 1.54) is 7.11 Å². The van der Waals surface area contributed by atoms with Gasteiger partial charge in [-0.2, -0.15) is 0 Å². The Labute approximate surface area is 130 Å². The molecule has 6 nitrogen and oxygen atoms in total. The number of carbonyl (C=O) groups is 2. The molecule has 0 aliphatic rings. The van der Waals surface area contributed by atoms with Crippen LogP contribution >= 0.6 is 0 Å². The molecule has 0 spiro atoms. The van der Waals surface area contributed by atoms with Crippen LogP contribution in [0.5, 0.6) is 11.5 Å². The molecule has 122 valence electrons. The standard InChI is InChI=1S/C16H23NO5/c1-11(2)8-12(16(19)20)9-17-15(18)10-22-14-7-5-4-6-13(14)21-3/h4-7,11-12H,8-10H2,1-3H3,(H,17,18)(H,19,20). The minimum Gasteiger partial charge on any atom is -0.493 e. The van der Waals surface area contributed by atoms with Gasteiger partial charge in [0.25, 0.3) is 5.91 Å². The Balaban J connectivity index is 2.44. The van der Waals surface area contributed by atoms with Gasteiger partial charge >= 0.3 is 5.97 Å². The topological polar surface area (TPSA) is 84.9 Å². The summed E-state index contributed by atoms with van der Waals surface area (Å²) in [5, 5.41) is 11.7. The fraction of sp³-hybridized carbons (Fsp3) is 0.500. The smallest absolute Gasteiger partial charge is 0.308 e. The van der Waals surface area contributed by atoms with Gasteiger partial charge in [0, 0.05) is 6.54 Å². The van der Waals surface area contributed by atoms with Gasteiger partial charge in [-0.05, 0) is 24.5 Å². The number of aliphatic carboxylic acids is 1. The van der Waals surface area contributed by atoms with E-state index in [0.717, 1.165) is 0 Å². The van der Waals surface area contributed by atoms with Crippen LogP contribution in [0.3, 0.4) is 0 Å². The summed E-state index contributed by atoms with van der Waals surface area (Å²) in [4.78, 5) is 22.9. The Bertz CT molecular complexity index is 501. The number of ether oxygens (including phenoxy) is 2. The molecule has 0 saturated carbocycles. The molecule has 0 bridgehead atoms. The summed E-state index contributed by atoms with van der Waals surface area (Å²) >= 11 is 0. The number of nitrogens with one attached hydrogen (secondary N) is 1. The first-order chi connectivity index (χ1) is 10.4. The zero-order chi connectivity index (χ0) is 16.5. The van der Waals surface area contributed by atoms with Crippen molar-refractivity contribution in [3.8, 4) is 11.5 Å². The zero-order valence-electron chi connectivity index (χ0n) is 13.2. The maximum atomic E-state index is 11.8. The van der Waals surface area contributed by atoms with Crippen molar-refractivity contribution in [3.63, 3.8) is 0 Å². The third-order valence-corrected chi connectivity index (χ3v) is 3.08. The van der Waals surface area contributed by atoms with Crippen molar-refractivity contribution in [2.45, 2.75) is 20.3 Å². The van der Waals surface area contributed by atoms with Gasteiger partial charge in [-0.1, -0.05) is 26.0 Å². The van der Waals surface area contributed by atoms with Gasteiger partial charge in [0.05, 0.1) is 13.0 Å². The number of benzene rings is 1. The van der Waals surface area contributed by atoms with Crippen molar-refractivity contribution in [2.75, 3.05) is 20.3 Å². The second-order valence-electron chi connectivity index (χ2n) is 5.41. The quantitative estimate of drug-likeness (QED) is 0.728. The minimum absolute atomic E-state index is 0.0988. The lowest BCUT2D eigenvalue weighted by Gasteiger charge is -2.16. The molecule has 1 atom stereocenters. The van der Waals surface area contributed by atoms with E-state index in [0.29, 0.717) is 17.9 Å². The molecular weight excluding hydrogens is 286 g/mol. The van der Waals surface area contributed by atoms with Gasteiger partial charge < -0.3 is 19.9 Å². The average Bonchev–Trinajstić information content (AvgIpc) is 2.48. The Kier molecular flexibility index (Phi) is 7.22. The predicted molar refractivity (Wildman–Crippen MR) is 82.1 cm³/mol. The normalized spacial score (nSPS) is 11.8. The molecule has 6 heteroatoms. The van der Waals surface area contributed by atoms with Crippen LogP contribution in [0.4, 0.5) is 0 Å². The van der Waals surface area contributed by atoms with E-state index in [-0.39, 0.29) is 25.0 Å². The molecule has 1 amide bonds. The highest BCUT2D eigenvalue weighted by Gasteiger charge is 2.19. The van der Waals surface area contributed by atoms with Crippen molar-refractivity contribution in [1.29, 1.82) is 0 Å². The van der Waals surface area contributed by atoms with E-state index in [2.05, 4.69) is 5.32 Å².